The van der Waals surface area contributed by atoms with Crippen LogP contribution in [0.3, 0.4) is 0 Å². The summed E-state index contributed by atoms with van der Waals surface area (Å²) in [4.78, 5) is 11.8. The monoisotopic (exact) mass is 359 g/mol. The van der Waals surface area contributed by atoms with E-state index in [0.29, 0.717) is 10.6 Å². The van der Waals surface area contributed by atoms with Gasteiger partial charge in [0.15, 0.2) is 0 Å². The van der Waals surface area contributed by atoms with E-state index in [4.69, 9.17) is 11.6 Å². The van der Waals surface area contributed by atoms with Gasteiger partial charge < -0.3 is 5.32 Å². The van der Waals surface area contributed by atoms with Crippen molar-refractivity contribution in [3.63, 3.8) is 0 Å². The van der Waals surface area contributed by atoms with Gasteiger partial charge in [0.1, 0.15) is 0 Å². The third-order valence-corrected chi connectivity index (χ3v) is 3.15. The summed E-state index contributed by atoms with van der Waals surface area (Å²) < 4.78 is 0.880. The zero-order valence-electron chi connectivity index (χ0n) is 8.52. The zero-order valence-corrected chi connectivity index (χ0v) is 11.4. The molecule has 1 aromatic heterocycles. The SMILES string of the molecule is O=C(Nc1ccc(Cl)cc1I)c1ccnnc1. The second kappa shape index (κ2) is 5.42. The molecule has 4 nitrogen and oxygen atoms in total. The molecule has 0 aliphatic carbocycles. The van der Waals surface area contributed by atoms with Gasteiger partial charge in [0.25, 0.3) is 5.91 Å². The van der Waals surface area contributed by atoms with Gasteiger partial charge in [0.05, 0.1) is 23.6 Å². The Bertz CT molecular complexity index is 548. The molecule has 0 aliphatic rings. The van der Waals surface area contributed by atoms with E-state index in [1.165, 1.54) is 12.4 Å². The Hall–Kier alpha value is -1.21. The molecule has 0 saturated carbocycles. The molecule has 0 unspecified atom stereocenters. The van der Waals surface area contributed by atoms with Crippen LogP contribution in [0.4, 0.5) is 5.69 Å². The lowest BCUT2D eigenvalue weighted by molar-refractivity contribution is 0.102. The minimum Gasteiger partial charge on any atom is -0.321 e. The maximum atomic E-state index is 11.8. The maximum Gasteiger partial charge on any atom is 0.257 e. The number of carbonyl (C=O) groups is 1. The lowest BCUT2D eigenvalue weighted by Crippen LogP contribution is -2.13. The molecule has 0 saturated heterocycles. The Labute approximate surface area is 117 Å². The van der Waals surface area contributed by atoms with E-state index in [-0.39, 0.29) is 5.91 Å². The summed E-state index contributed by atoms with van der Waals surface area (Å²) in [5.74, 6) is -0.222. The van der Waals surface area contributed by atoms with E-state index in [9.17, 15) is 4.79 Å². The zero-order chi connectivity index (χ0) is 12.3. The molecule has 86 valence electrons. The number of hydrogen-bond donors (Lipinski definition) is 1. The molecule has 2 rings (SSSR count). The average Bonchev–Trinajstić information content (AvgIpc) is 2.34. The molecule has 1 heterocycles. The summed E-state index contributed by atoms with van der Waals surface area (Å²) in [5.41, 5.74) is 1.18. The Morgan fingerprint density at radius 3 is 2.76 bits per heavy atom. The smallest absolute Gasteiger partial charge is 0.257 e. The fourth-order valence-corrected chi connectivity index (χ4v) is 2.22. The second-order valence-corrected chi connectivity index (χ2v) is 4.81. The van der Waals surface area contributed by atoms with Crippen LogP contribution in [-0.2, 0) is 0 Å². The quantitative estimate of drug-likeness (QED) is 0.839. The number of hydrogen-bond acceptors (Lipinski definition) is 3. The molecule has 0 aliphatic heterocycles. The maximum absolute atomic E-state index is 11.8. The van der Waals surface area contributed by atoms with Crippen LogP contribution in [0.5, 0.6) is 0 Å². The molecular weight excluding hydrogens is 352 g/mol. The summed E-state index contributed by atoms with van der Waals surface area (Å²) in [5, 5.41) is 10.7. The van der Waals surface area contributed by atoms with E-state index >= 15 is 0 Å². The van der Waals surface area contributed by atoms with Gasteiger partial charge in [-0.1, -0.05) is 11.6 Å². The van der Waals surface area contributed by atoms with Crippen LogP contribution in [0, 0.1) is 3.57 Å². The number of halogens is 2. The average molecular weight is 360 g/mol. The number of nitrogens with zero attached hydrogens (tertiary/aromatic N) is 2. The van der Waals surface area contributed by atoms with Gasteiger partial charge in [0, 0.05) is 8.59 Å². The molecule has 17 heavy (non-hydrogen) atoms. The van der Waals surface area contributed by atoms with Crippen molar-refractivity contribution in [2.24, 2.45) is 0 Å². The first-order valence-corrected chi connectivity index (χ1v) is 6.15. The van der Waals surface area contributed by atoms with E-state index in [1.807, 2.05) is 0 Å². The fraction of sp³-hybridized carbons (Fsp3) is 0. The summed E-state index contributed by atoms with van der Waals surface area (Å²) in [7, 11) is 0. The number of nitrogens with one attached hydrogen (secondary N) is 1. The highest BCUT2D eigenvalue weighted by Gasteiger charge is 2.08. The standard InChI is InChI=1S/C11H7ClIN3O/c12-8-1-2-10(9(13)5-8)16-11(17)7-3-4-14-15-6-7/h1-6H,(H,16,17). The first kappa shape index (κ1) is 12.3. The van der Waals surface area contributed by atoms with Gasteiger partial charge in [-0.15, -0.1) is 0 Å². The summed E-state index contributed by atoms with van der Waals surface area (Å²) in [6.45, 7) is 0. The van der Waals surface area contributed by atoms with Crippen molar-refractivity contribution in [3.05, 3.63) is 50.8 Å². The predicted molar refractivity (Wildman–Crippen MR) is 74.2 cm³/mol. The Morgan fingerprint density at radius 1 is 1.29 bits per heavy atom. The molecule has 2 aromatic rings. The van der Waals surface area contributed by atoms with Crippen molar-refractivity contribution in [2.45, 2.75) is 0 Å². The van der Waals surface area contributed by atoms with Crippen LogP contribution in [0.1, 0.15) is 10.4 Å². The number of anilines is 1. The van der Waals surface area contributed by atoms with E-state index in [0.717, 1.165) is 9.26 Å². The minimum atomic E-state index is -0.222. The van der Waals surface area contributed by atoms with Crippen LogP contribution in [0.2, 0.25) is 5.02 Å². The van der Waals surface area contributed by atoms with Crippen molar-refractivity contribution >= 4 is 45.8 Å². The summed E-state index contributed by atoms with van der Waals surface area (Å²) in [6, 6.07) is 6.87. The molecule has 0 fully saturated rings. The first-order valence-electron chi connectivity index (χ1n) is 4.70. The molecular formula is C11H7ClIN3O. The molecule has 1 amide bonds. The van der Waals surface area contributed by atoms with Crippen LogP contribution in [0.15, 0.2) is 36.7 Å². The van der Waals surface area contributed by atoms with Crippen molar-refractivity contribution in [1.29, 1.82) is 0 Å². The molecule has 1 N–H and O–H groups in total. The van der Waals surface area contributed by atoms with Gasteiger partial charge in [-0.3, -0.25) is 4.79 Å². The predicted octanol–water partition coefficient (Wildman–Crippen LogP) is 2.99. The third-order valence-electron chi connectivity index (χ3n) is 2.03. The van der Waals surface area contributed by atoms with Crippen LogP contribution in [-0.4, -0.2) is 16.1 Å². The van der Waals surface area contributed by atoms with Crippen LogP contribution >= 0.6 is 34.2 Å². The normalized spacial score (nSPS) is 10.0. The molecule has 6 heteroatoms. The third kappa shape index (κ3) is 3.13. The second-order valence-electron chi connectivity index (χ2n) is 3.21. The Balaban J connectivity index is 2.19. The number of rotatable bonds is 2. The van der Waals surface area contributed by atoms with Gasteiger partial charge in [-0.2, -0.15) is 10.2 Å². The number of carbonyl (C=O) groups excluding carboxylic acids is 1. The number of benzene rings is 1. The Kier molecular flexibility index (Phi) is 3.90. The van der Waals surface area contributed by atoms with Gasteiger partial charge in [0.2, 0.25) is 0 Å². The lowest BCUT2D eigenvalue weighted by Gasteiger charge is -2.07. The molecule has 0 bridgehead atoms. The summed E-state index contributed by atoms with van der Waals surface area (Å²) >= 11 is 7.95. The van der Waals surface area contributed by atoms with E-state index < -0.39 is 0 Å². The molecule has 0 radical (unpaired) electrons. The molecule has 0 atom stereocenters. The van der Waals surface area contributed by atoms with Crippen LogP contribution in [0.25, 0.3) is 0 Å². The molecule has 0 spiro atoms. The van der Waals surface area contributed by atoms with Gasteiger partial charge >= 0.3 is 0 Å². The number of amides is 1. The highest BCUT2D eigenvalue weighted by Crippen LogP contribution is 2.22. The summed E-state index contributed by atoms with van der Waals surface area (Å²) in [6.07, 6.45) is 2.89. The topological polar surface area (TPSA) is 54.9 Å². The van der Waals surface area contributed by atoms with Gasteiger partial charge in [-0.05, 0) is 46.9 Å². The lowest BCUT2D eigenvalue weighted by atomic mass is 10.2. The first-order chi connectivity index (χ1) is 8.16. The van der Waals surface area contributed by atoms with Crippen LogP contribution < -0.4 is 5.32 Å². The van der Waals surface area contributed by atoms with E-state index in [1.54, 1.807) is 24.3 Å². The Morgan fingerprint density at radius 2 is 2.12 bits per heavy atom. The van der Waals surface area contributed by atoms with E-state index in [2.05, 4.69) is 38.1 Å². The number of aromatic nitrogens is 2. The van der Waals surface area contributed by atoms with Crippen molar-refractivity contribution in [2.75, 3.05) is 5.32 Å². The van der Waals surface area contributed by atoms with Crippen molar-refractivity contribution in [1.82, 2.24) is 10.2 Å². The fourth-order valence-electron chi connectivity index (χ4n) is 1.21. The largest absolute Gasteiger partial charge is 0.321 e. The molecule has 1 aromatic carbocycles. The van der Waals surface area contributed by atoms with Gasteiger partial charge in [-0.25, -0.2) is 0 Å². The highest BCUT2D eigenvalue weighted by atomic mass is 127. The minimum absolute atomic E-state index is 0.222. The highest BCUT2D eigenvalue weighted by molar-refractivity contribution is 14.1. The van der Waals surface area contributed by atoms with Crippen molar-refractivity contribution in [3.8, 4) is 0 Å². The van der Waals surface area contributed by atoms with Crippen molar-refractivity contribution < 1.29 is 4.79 Å².